The maximum atomic E-state index is 13.5. The Balaban J connectivity index is 2.04. The average Bonchev–Trinajstić information content (AvgIpc) is 2.79. The van der Waals surface area contributed by atoms with Gasteiger partial charge in [0.2, 0.25) is 21.8 Å². The van der Waals surface area contributed by atoms with Crippen molar-refractivity contribution in [3.8, 4) is 5.75 Å². The van der Waals surface area contributed by atoms with Crippen LogP contribution in [0.25, 0.3) is 0 Å². The SMILES string of the molecule is COc1ccccc1N1C(=O)CN(S(=O)(=O)c2ccccc2)C[C@@]1(C)C(=O)NCCC(C)C. The van der Waals surface area contributed by atoms with Gasteiger partial charge in [-0.25, -0.2) is 8.42 Å². The van der Waals surface area contributed by atoms with Crippen molar-refractivity contribution in [3.05, 3.63) is 54.6 Å². The number of anilines is 1. The monoisotopic (exact) mass is 473 g/mol. The van der Waals surface area contributed by atoms with Crippen LogP contribution < -0.4 is 15.0 Å². The molecule has 2 aromatic rings. The molecule has 0 unspecified atom stereocenters. The summed E-state index contributed by atoms with van der Waals surface area (Å²) in [4.78, 5) is 28.4. The number of benzene rings is 2. The van der Waals surface area contributed by atoms with Crippen LogP contribution in [0.1, 0.15) is 27.2 Å². The standard InChI is InChI=1S/C24H31N3O5S/c1-18(2)14-15-25-23(29)24(3)17-26(33(30,31)19-10-6-5-7-11-19)16-22(28)27(24)20-12-8-9-13-21(20)32-4/h5-13,18H,14-17H2,1-4H3,(H,25,29)/t24-/m0/s1. The van der Waals surface area contributed by atoms with Crippen LogP contribution in [0.15, 0.2) is 59.5 Å². The zero-order chi connectivity index (χ0) is 24.2. The number of sulfonamides is 1. The molecule has 0 saturated carbocycles. The van der Waals surface area contributed by atoms with E-state index in [1.807, 2.05) is 13.8 Å². The number of para-hydroxylation sites is 2. The van der Waals surface area contributed by atoms with Gasteiger partial charge >= 0.3 is 0 Å². The second-order valence-corrected chi connectivity index (χ2v) is 10.6. The number of ether oxygens (including phenoxy) is 1. The fourth-order valence-electron chi connectivity index (χ4n) is 3.93. The highest BCUT2D eigenvalue weighted by molar-refractivity contribution is 7.89. The summed E-state index contributed by atoms with van der Waals surface area (Å²) >= 11 is 0. The van der Waals surface area contributed by atoms with Crippen molar-refractivity contribution in [1.29, 1.82) is 0 Å². The van der Waals surface area contributed by atoms with Crippen LogP contribution in [0.5, 0.6) is 5.75 Å². The molecule has 0 aliphatic carbocycles. The van der Waals surface area contributed by atoms with E-state index in [1.54, 1.807) is 49.4 Å². The molecule has 0 bridgehead atoms. The first-order valence-corrected chi connectivity index (χ1v) is 12.3. The van der Waals surface area contributed by atoms with Crippen LogP contribution in [0.3, 0.4) is 0 Å². The lowest BCUT2D eigenvalue weighted by Crippen LogP contribution is -2.70. The third-order valence-corrected chi connectivity index (χ3v) is 7.55. The summed E-state index contributed by atoms with van der Waals surface area (Å²) in [7, 11) is -2.49. The smallest absolute Gasteiger partial charge is 0.247 e. The van der Waals surface area contributed by atoms with E-state index in [9.17, 15) is 18.0 Å². The maximum absolute atomic E-state index is 13.5. The molecule has 1 saturated heterocycles. The van der Waals surface area contributed by atoms with E-state index in [-0.39, 0.29) is 18.0 Å². The maximum Gasteiger partial charge on any atom is 0.247 e. The first kappa shape index (κ1) is 24.7. The molecule has 1 atom stereocenters. The number of carbonyl (C=O) groups is 2. The van der Waals surface area contributed by atoms with Crippen LogP contribution in [-0.4, -0.2) is 56.8 Å². The fourth-order valence-corrected chi connectivity index (χ4v) is 5.43. The van der Waals surface area contributed by atoms with Crippen LogP contribution in [0.4, 0.5) is 5.69 Å². The van der Waals surface area contributed by atoms with Crippen molar-refractivity contribution in [3.63, 3.8) is 0 Å². The second kappa shape index (κ2) is 9.93. The van der Waals surface area contributed by atoms with Gasteiger partial charge in [-0.1, -0.05) is 44.2 Å². The number of carbonyl (C=O) groups excluding carboxylic acids is 2. The summed E-state index contributed by atoms with van der Waals surface area (Å²) < 4.78 is 33.1. The summed E-state index contributed by atoms with van der Waals surface area (Å²) in [5, 5.41) is 2.90. The van der Waals surface area contributed by atoms with Gasteiger partial charge in [-0.2, -0.15) is 4.31 Å². The molecule has 9 heteroatoms. The first-order valence-electron chi connectivity index (χ1n) is 10.9. The van der Waals surface area contributed by atoms with Gasteiger partial charge in [0.05, 0.1) is 24.2 Å². The Labute approximate surface area is 195 Å². The Morgan fingerprint density at radius 2 is 1.76 bits per heavy atom. The fraction of sp³-hybridized carbons (Fsp3) is 0.417. The van der Waals surface area contributed by atoms with Gasteiger partial charge in [0.25, 0.3) is 0 Å². The molecule has 1 heterocycles. The van der Waals surface area contributed by atoms with E-state index >= 15 is 0 Å². The Morgan fingerprint density at radius 3 is 2.39 bits per heavy atom. The summed E-state index contributed by atoms with van der Waals surface area (Å²) in [5.41, 5.74) is -1.06. The highest BCUT2D eigenvalue weighted by atomic mass is 32.2. The van der Waals surface area contributed by atoms with Crippen molar-refractivity contribution in [1.82, 2.24) is 9.62 Å². The van der Waals surface area contributed by atoms with Gasteiger partial charge in [0, 0.05) is 13.1 Å². The molecular weight excluding hydrogens is 442 g/mol. The van der Waals surface area contributed by atoms with E-state index in [0.29, 0.717) is 23.9 Å². The van der Waals surface area contributed by atoms with E-state index in [2.05, 4.69) is 5.32 Å². The number of nitrogens with one attached hydrogen (secondary N) is 1. The highest BCUT2D eigenvalue weighted by Gasteiger charge is 2.51. The zero-order valence-electron chi connectivity index (χ0n) is 19.4. The van der Waals surface area contributed by atoms with Crippen molar-refractivity contribution >= 4 is 27.5 Å². The molecule has 1 fully saturated rings. The molecule has 1 aliphatic heterocycles. The largest absolute Gasteiger partial charge is 0.495 e. The van der Waals surface area contributed by atoms with Crippen molar-refractivity contribution in [2.24, 2.45) is 5.92 Å². The van der Waals surface area contributed by atoms with Gasteiger partial charge < -0.3 is 10.1 Å². The molecule has 1 aliphatic rings. The van der Waals surface area contributed by atoms with E-state index in [4.69, 9.17) is 4.74 Å². The summed E-state index contributed by atoms with van der Waals surface area (Å²) in [5.74, 6) is -0.125. The molecule has 2 aromatic carbocycles. The van der Waals surface area contributed by atoms with E-state index < -0.39 is 27.4 Å². The average molecular weight is 474 g/mol. The predicted octanol–water partition coefficient (Wildman–Crippen LogP) is 2.65. The van der Waals surface area contributed by atoms with Crippen molar-refractivity contribution in [2.45, 2.75) is 37.6 Å². The Bertz CT molecular complexity index is 1100. The quantitative estimate of drug-likeness (QED) is 0.636. The highest BCUT2D eigenvalue weighted by Crippen LogP contribution is 2.37. The third kappa shape index (κ3) is 5.04. The zero-order valence-corrected chi connectivity index (χ0v) is 20.3. The van der Waals surface area contributed by atoms with E-state index in [0.717, 1.165) is 10.7 Å². The van der Waals surface area contributed by atoms with Gasteiger partial charge in [-0.15, -0.1) is 0 Å². The summed E-state index contributed by atoms with van der Waals surface area (Å²) in [6.07, 6.45) is 0.760. The molecule has 2 amide bonds. The lowest BCUT2D eigenvalue weighted by molar-refractivity contribution is -0.132. The molecule has 0 spiro atoms. The molecule has 178 valence electrons. The molecular formula is C24H31N3O5S. The second-order valence-electron chi connectivity index (χ2n) is 8.70. The lowest BCUT2D eigenvalue weighted by Gasteiger charge is -2.46. The van der Waals surface area contributed by atoms with Crippen LogP contribution in [0.2, 0.25) is 0 Å². The Morgan fingerprint density at radius 1 is 1.12 bits per heavy atom. The summed E-state index contributed by atoms with van der Waals surface area (Å²) in [6.45, 7) is 5.53. The minimum Gasteiger partial charge on any atom is -0.495 e. The normalized spacial score (nSPS) is 19.5. The van der Waals surface area contributed by atoms with Crippen molar-refractivity contribution in [2.75, 3.05) is 31.6 Å². The van der Waals surface area contributed by atoms with Crippen LogP contribution in [-0.2, 0) is 19.6 Å². The minimum absolute atomic E-state index is 0.0751. The number of rotatable bonds is 8. The molecule has 0 radical (unpaired) electrons. The van der Waals surface area contributed by atoms with Crippen molar-refractivity contribution < 1.29 is 22.7 Å². The van der Waals surface area contributed by atoms with Gasteiger partial charge in [0.15, 0.2) is 0 Å². The molecule has 3 rings (SSSR count). The Hall–Kier alpha value is -2.91. The van der Waals surface area contributed by atoms with Gasteiger partial charge in [0.1, 0.15) is 11.3 Å². The number of hydrogen-bond donors (Lipinski definition) is 1. The number of piperazine rings is 1. The Kier molecular flexibility index (Phi) is 7.44. The lowest BCUT2D eigenvalue weighted by atomic mass is 9.94. The van der Waals surface area contributed by atoms with Gasteiger partial charge in [-0.3, -0.25) is 14.5 Å². The molecule has 8 nitrogen and oxygen atoms in total. The third-order valence-electron chi connectivity index (χ3n) is 5.74. The molecule has 33 heavy (non-hydrogen) atoms. The number of amides is 2. The first-order chi connectivity index (χ1) is 15.6. The number of methoxy groups -OCH3 is 1. The minimum atomic E-state index is -3.98. The molecule has 1 N–H and O–H groups in total. The number of nitrogens with zero attached hydrogens (tertiary/aromatic N) is 2. The topological polar surface area (TPSA) is 96.0 Å². The predicted molar refractivity (Wildman–Crippen MR) is 127 cm³/mol. The van der Waals surface area contributed by atoms with E-state index in [1.165, 1.54) is 24.1 Å². The van der Waals surface area contributed by atoms with Crippen LogP contribution in [0, 0.1) is 5.92 Å². The van der Waals surface area contributed by atoms with Gasteiger partial charge in [-0.05, 0) is 43.5 Å². The van der Waals surface area contributed by atoms with Crippen LogP contribution >= 0.6 is 0 Å². The molecule has 0 aromatic heterocycles. The number of hydrogen-bond acceptors (Lipinski definition) is 5. The summed E-state index contributed by atoms with van der Waals surface area (Å²) in [6, 6.07) is 14.8.